The molecule has 0 aliphatic rings. The molecule has 0 N–H and O–H groups in total. The van der Waals surface area contributed by atoms with E-state index in [0.29, 0.717) is 21.9 Å². The monoisotopic (exact) mass is 377 g/mol. The molecule has 0 fully saturated rings. The molecule has 2 aromatic heterocycles. The second-order valence-electron chi connectivity index (χ2n) is 5.19. The van der Waals surface area contributed by atoms with E-state index in [0.717, 1.165) is 0 Å². The Morgan fingerprint density at radius 2 is 1.88 bits per heavy atom. The maximum absolute atomic E-state index is 12.9. The van der Waals surface area contributed by atoms with Crippen LogP contribution in [0.15, 0.2) is 56.3 Å². The Bertz CT molecular complexity index is 1110. The van der Waals surface area contributed by atoms with E-state index < -0.39 is 15.4 Å². The van der Waals surface area contributed by atoms with E-state index in [1.54, 1.807) is 0 Å². The summed E-state index contributed by atoms with van der Waals surface area (Å²) < 4.78 is 32.0. The third-order valence-corrected chi connectivity index (χ3v) is 6.06. The summed E-state index contributed by atoms with van der Waals surface area (Å²) in [4.78, 5) is 20.7. The summed E-state index contributed by atoms with van der Waals surface area (Å²) in [5.74, 6) is 0.531. The zero-order chi connectivity index (χ0) is 18.2. The van der Waals surface area contributed by atoms with E-state index in [1.165, 1.54) is 67.0 Å². The highest BCUT2D eigenvalue weighted by atomic mass is 32.2. The molecule has 7 nitrogen and oxygen atoms in total. The van der Waals surface area contributed by atoms with E-state index in [4.69, 9.17) is 4.74 Å². The number of pyridine rings is 1. The zero-order valence-corrected chi connectivity index (χ0v) is 15.4. The molecule has 0 unspecified atom stereocenters. The number of rotatable bonds is 4. The number of sulfone groups is 1. The number of thioether (sulfide) groups is 1. The number of nitrogens with zero attached hydrogens (tertiary/aromatic N) is 3. The van der Waals surface area contributed by atoms with Crippen molar-refractivity contribution in [1.82, 2.24) is 14.5 Å². The summed E-state index contributed by atoms with van der Waals surface area (Å²) >= 11 is 1.34. The molecule has 0 atom stereocenters. The Morgan fingerprint density at radius 3 is 2.48 bits per heavy atom. The fourth-order valence-electron chi connectivity index (χ4n) is 2.37. The molecule has 25 heavy (non-hydrogen) atoms. The molecule has 130 valence electrons. The van der Waals surface area contributed by atoms with Crippen LogP contribution in [-0.2, 0) is 16.9 Å². The number of hydrogen-bond donors (Lipinski definition) is 0. The lowest BCUT2D eigenvalue weighted by atomic mass is 10.3. The summed E-state index contributed by atoms with van der Waals surface area (Å²) in [6, 6.07) is 7.20. The first-order chi connectivity index (χ1) is 11.9. The van der Waals surface area contributed by atoms with Gasteiger partial charge < -0.3 is 4.74 Å². The van der Waals surface area contributed by atoms with E-state index in [2.05, 4.69) is 9.97 Å². The normalized spacial score (nSPS) is 11.6. The van der Waals surface area contributed by atoms with Crippen molar-refractivity contribution in [2.75, 3.05) is 13.4 Å². The highest BCUT2D eigenvalue weighted by Crippen LogP contribution is 2.23. The lowest BCUT2D eigenvalue weighted by Gasteiger charge is -2.10. The van der Waals surface area contributed by atoms with Gasteiger partial charge >= 0.3 is 0 Å². The standard InChI is InChI=1S/C16H15N3O4S2/c1-19-14-10(9-17-16(18-14)24-3)8-13(15(19)20)25(21,22)12-6-4-11(23-2)5-7-12/h4-9H,1-3H3. The number of ether oxygens (including phenoxy) is 1. The summed E-state index contributed by atoms with van der Waals surface area (Å²) in [5, 5.41) is 0.986. The minimum Gasteiger partial charge on any atom is -0.497 e. The van der Waals surface area contributed by atoms with Gasteiger partial charge in [0.25, 0.3) is 5.56 Å². The van der Waals surface area contributed by atoms with Crippen molar-refractivity contribution in [2.45, 2.75) is 14.9 Å². The van der Waals surface area contributed by atoms with Crippen molar-refractivity contribution < 1.29 is 13.2 Å². The topological polar surface area (TPSA) is 91.2 Å². The fraction of sp³-hybridized carbons (Fsp3) is 0.188. The molecular weight excluding hydrogens is 362 g/mol. The summed E-state index contributed by atoms with van der Waals surface area (Å²) in [6.45, 7) is 0. The molecule has 0 aliphatic carbocycles. The molecule has 0 radical (unpaired) electrons. The van der Waals surface area contributed by atoms with Crippen molar-refractivity contribution >= 4 is 32.6 Å². The molecule has 2 heterocycles. The minimum atomic E-state index is -3.97. The van der Waals surface area contributed by atoms with E-state index in [1.807, 2.05) is 6.26 Å². The lowest BCUT2D eigenvalue weighted by Crippen LogP contribution is -2.25. The Balaban J connectivity index is 2.23. The lowest BCUT2D eigenvalue weighted by molar-refractivity contribution is 0.414. The van der Waals surface area contributed by atoms with E-state index >= 15 is 0 Å². The van der Waals surface area contributed by atoms with Gasteiger partial charge in [-0.3, -0.25) is 9.36 Å². The first-order valence-electron chi connectivity index (χ1n) is 7.18. The molecule has 3 aromatic rings. The molecular formula is C16H15N3O4S2. The number of aromatic nitrogens is 3. The molecule has 9 heteroatoms. The van der Waals surface area contributed by atoms with Crippen molar-refractivity contribution in [2.24, 2.45) is 7.05 Å². The first kappa shape index (κ1) is 17.4. The second kappa shape index (κ2) is 6.49. The van der Waals surface area contributed by atoms with Gasteiger partial charge in [0.2, 0.25) is 9.84 Å². The Hall–Kier alpha value is -2.39. The van der Waals surface area contributed by atoms with E-state index in [-0.39, 0.29) is 9.79 Å². The van der Waals surface area contributed by atoms with Gasteiger partial charge in [0, 0.05) is 18.6 Å². The van der Waals surface area contributed by atoms with Crippen molar-refractivity contribution in [3.8, 4) is 5.75 Å². The predicted molar refractivity (Wildman–Crippen MR) is 95.0 cm³/mol. The highest BCUT2D eigenvalue weighted by Gasteiger charge is 2.24. The molecule has 0 amide bonds. The number of fused-ring (bicyclic) bond motifs is 1. The molecule has 0 saturated carbocycles. The Kier molecular flexibility index (Phi) is 4.53. The highest BCUT2D eigenvalue weighted by molar-refractivity contribution is 7.98. The number of benzene rings is 1. The molecule has 0 saturated heterocycles. The molecule has 3 rings (SSSR count). The quantitative estimate of drug-likeness (QED) is 0.506. The largest absolute Gasteiger partial charge is 0.497 e. The minimum absolute atomic E-state index is 0.0198. The average Bonchev–Trinajstić information content (AvgIpc) is 2.64. The summed E-state index contributed by atoms with van der Waals surface area (Å²) in [5.41, 5.74) is -0.243. The van der Waals surface area contributed by atoms with Gasteiger partial charge in [0.1, 0.15) is 16.3 Å². The SMILES string of the molecule is COc1ccc(S(=O)(=O)c2cc3cnc(SC)nc3n(C)c2=O)cc1. The molecule has 0 spiro atoms. The maximum atomic E-state index is 12.9. The van der Waals surface area contributed by atoms with Gasteiger partial charge in [-0.1, -0.05) is 11.8 Å². The number of hydrogen-bond acceptors (Lipinski definition) is 7. The van der Waals surface area contributed by atoms with Gasteiger partial charge in [-0.25, -0.2) is 18.4 Å². The second-order valence-corrected chi connectivity index (χ2v) is 7.88. The third kappa shape index (κ3) is 3.00. The van der Waals surface area contributed by atoms with Crippen molar-refractivity contribution in [3.05, 3.63) is 46.9 Å². The Labute approximate surface area is 148 Å². The smallest absolute Gasteiger partial charge is 0.271 e. The van der Waals surface area contributed by atoms with Gasteiger partial charge in [-0.05, 0) is 36.6 Å². The van der Waals surface area contributed by atoms with Gasteiger partial charge in [0.15, 0.2) is 5.16 Å². The van der Waals surface area contributed by atoms with Crippen LogP contribution in [0.4, 0.5) is 0 Å². The average molecular weight is 377 g/mol. The fourth-order valence-corrected chi connectivity index (χ4v) is 4.11. The number of methoxy groups -OCH3 is 1. The molecule has 0 aliphatic heterocycles. The molecule has 1 aromatic carbocycles. The van der Waals surface area contributed by atoms with Crippen LogP contribution >= 0.6 is 11.8 Å². The summed E-state index contributed by atoms with van der Waals surface area (Å²) in [6.07, 6.45) is 3.34. The predicted octanol–water partition coefficient (Wildman–Crippen LogP) is 1.89. The summed E-state index contributed by atoms with van der Waals surface area (Å²) in [7, 11) is -0.988. The van der Waals surface area contributed by atoms with Crippen LogP contribution in [0, 0.1) is 0 Å². The van der Waals surface area contributed by atoms with Gasteiger partial charge in [-0.2, -0.15) is 0 Å². The molecule has 0 bridgehead atoms. The van der Waals surface area contributed by atoms with Crippen LogP contribution in [-0.4, -0.2) is 36.3 Å². The van der Waals surface area contributed by atoms with Gasteiger partial charge in [0.05, 0.1) is 12.0 Å². The van der Waals surface area contributed by atoms with Crippen LogP contribution in [0.5, 0.6) is 5.75 Å². The van der Waals surface area contributed by atoms with Crippen LogP contribution in [0.3, 0.4) is 0 Å². The Morgan fingerprint density at radius 1 is 1.20 bits per heavy atom. The van der Waals surface area contributed by atoms with Crippen LogP contribution in [0.1, 0.15) is 0 Å². The third-order valence-electron chi connectivity index (χ3n) is 3.74. The van der Waals surface area contributed by atoms with Crippen LogP contribution in [0.2, 0.25) is 0 Å². The van der Waals surface area contributed by atoms with Crippen LogP contribution < -0.4 is 10.3 Å². The zero-order valence-electron chi connectivity index (χ0n) is 13.8. The van der Waals surface area contributed by atoms with Gasteiger partial charge in [-0.15, -0.1) is 0 Å². The first-order valence-corrected chi connectivity index (χ1v) is 9.89. The maximum Gasteiger partial charge on any atom is 0.271 e. The van der Waals surface area contributed by atoms with E-state index in [9.17, 15) is 13.2 Å². The van der Waals surface area contributed by atoms with Crippen LogP contribution in [0.25, 0.3) is 11.0 Å². The van der Waals surface area contributed by atoms with Crippen molar-refractivity contribution in [1.29, 1.82) is 0 Å². The van der Waals surface area contributed by atoms with Crippen molar-refractivity contribution in [3.63, 3.8) is 0 Å². The number of aryl methyl sites for hydroxylation is 1.